The lowest BCUT2D eigenvalue weighted by molar-refractivity contribution is 0.0602. The van der Waals surface area contributed by atoms with Gasteiger partial charge in [-0.3, -0.25) is 9.78 Å². The van der Waals surface area contributed by atoms with E-state index in [2.05, 4.69) is 25.2 Å². The number of rotatable bonds is 4. The number of hydrogen-bond donors (Lipinski definition) is 1. The fraction of sp³-hybridized carbons (Fsp3) is 0.0625. The zero-order valence-electron chi connectivity index (χ0n) is 12.6. The highest BCUT2D eigenvalue weighted by Crippen LogP contribution is 2.18. The number of esters is 1. The molecule has 3 aromatic rings. The van der Waals surface area contributed by atoms with E-state index in [1.54, 1.807) is 42.7 Å². The van der Waals surface area contributed by atoms with E-state index in [4.69, 9.17) is 4.52 Å². The van der Waals surface area contributed by atoms with E-state index in [1.807, 2.05) is 0 Å². The van der Waals surface area contributed by atoms with Gasteiger partial charge in [0.1, 0.15) is 0 Å². The Morgan fingerprint density at radius 1 is 1.12 bits per heavy atom. The quantitative estimate of drug-likeness (QED) is 0.733. The molecule has 0 unspecified atom stereocenters. The van der Waals surface area contributed by atoms with Crippen molar-refractivity contribution in [1.82, 2.24) is 15.1 Å². The first-order chi connectivity index (χ1) is 11.7. The summed E-state index contributed by atoms with van der Waals surface area (Å²) in [5, 5.41) is 6.31. The van der Waals surface area contributed by atoms with E-state index in [0.717, 1.165) is 0 Å². The van der Waals surface area contributed by atoms with Crippen LogP contribution in [-0.4, -0.2) is 34.1 Å². The summed E-state index contributed by atoms with van der Waals surface area (Å²) in [4.78, 5) is 31.9. The van der Waals surface area contributed by atoms with Gasteiger partial charge in [0.25, 0.3) is 0 Å². The number of aromatic nitrogens is 3. The van der Waals surface area contributed by atoms with Crippen molar-refractivity contribution in [2.75, 3.05) is 12.4 Å². The topological polar surface area (TPSA) is 107 Å². The second-order valence-corrected chi connectivity index (χ2v) is 4.65. The maximum absolute atomic E-state index is 12.3. The first kappa shape index (κ1) is 15.3. The Bertz CT molecular complexity index is 877. The van der Waals surface area contributed by atoms with Gasteiger partial charge in [0.2, 0.25) is 5.82 Å². The van der Waals surface area contributed by atoms with Crippen LogP contribution in [-0.2, 0) is 4.74 Å². The summed E-state index contributed by atoms with van der Waals surface area (Å²) in [6.45, 7) is 0. The van der Waals surface area contributed by atoms with Crippen molar-refractivity contribution in [3.8, 4) is 11.4 Å². The molecule has 1 aromatic carbocycles. The highest BCUT2D eigenvalue weighted by atomic mass is 16.5. The normalized spacial score (nSPS) is 10.2. The summed E-state index contributed by atoms with van der Waals surface area (Å²) >= 11 is 0. The van der Waals surface area contributed by atoms with Gasteiger partial charge in [0.05, 0.1) is 18.4 Å². The molecule has 0 bridgehead atoms. The largest absolute Gasteiger partial charge is 0.465 e. The first-order valence-corrected chi connectivity index (χ1v) is 6.92. The summed E-state index contributed by atoms with van der Waals surface area (Å²) in [7, 11) is 1.26. The van der Waals surface area contributed by atoms with E-state index in [0.29, 0.717) is 5.56 Å². The molecule has 2 heterocycles. The average molecular weight is 324 g/mol. The molecule has 8 heteroatoms. The average Bonchev–Trinajstić information content (AvgIpc) is 3.12. The molecule has 0 saturated carbocycles. The van der Waals surface area contributed by atoms with Crippen LogP contribution in [0.5, 0.6) is 0 Å². The lowest BCUT2D eigenvalue weighted by Crippen LogP contribution is -2.15. The van der Waals surface area contributed by atoms with Crippen LogP contribution in [0.2, 0.25) is 0 Å². The highest BCUT2D eigenvalue weighted by Gasteiger charge is 2.19. The molecule has 0 fully saturated rings. The maximum Gasteiger partial charge on any atom is 0.339 e. The van der Waals surface area contributed by atoms with Crippen LogP contribution < -0.4 is 5.32 Å². The van der Waals surface area contributed by atoms with Gasteiger partial charge in [-0.1, -0.05) is 17.3 Å². The van der Waals surface area contributed by atoms with Crippen LogP contribution in [0.25, 0.3) is 11.4 Å². The minimum atomic E-state index is -0.626. The summed E-state index contributed by atoms with van der Waals surface area (Å²) in [5.41, 5.74) is 1.18. The molecule has 1 N–H and O–H groups in total. The lowest BCUT2D eigenvalue weighted by Gasteiger charge is -2.07. The molecule has 0 radical (unpaired) electrons. The van der Waals surface area contributed by atoms with Gasteiger partial charge >= 0.3 is 17.8 Å². The van der Waals surface area contributed by atoms with Crippen molar-refractivity contribution >= 4 is 17.6 Å². The number of amides is 1. The van der Waals surface area contributed by atoms with E-state index in [9.17, 15) is 9.59 Å². The van der Waals surface area contributed by atoms with Crippen LogP contribution in [0.4, 0.5) is 5.69 Å². The van der Waals surface area contributed by atoms with E-state index in [1.165, 1.54) is 13.2 Å². The highest BCUT2D eigenvalue weighted by molar-refractivity contribution is 6.05. The maximum atomic E-state index is 12.3. The Morgan fingerprint density at radius 2 is 1.88 bits per heavy atom. The molecule has 0 aliphatic carbocycles. The van der Waals surface area contributed by atoms with Crippen LogP contribution >= 0.6 is 0 Å². The van der Waals surface area contributed by atoms with Gasteiger partial charge in [-0.2, -0.15) is 4.98 Å². The molecule has 1 amide bonds. The smallest absolute Gasteiger partial charge is 0.339 e. The standard InChI is InChI=1S/C16H12N4O4/c1-23-16(22)11-4-2-3-5-12(11)18-14(21)15-19-13(20-24-15)10-6-8-17-9-7-10/h2-9H,1H3,(H,18,21). The Kier molecular flexibility index (Phi) is 4.28. The number of nitrogens with zero attached hydrogens (tertiary/aromatic N) is 3. The number of nitrogens with one attached hydrogen (secondary N) is 1. The molecular formula is C16H12N4O4. The van der Waals surface area contributed by atoms with E-state index in [-0.39, 0.29) is 23.0 Å². The minimum absolute atomic E-state index is 0.221. The molecule has 8 nitrogen and oxygen atoms in total. The predicted octanol–water partition coefficient (Wildman–Crippen LogP) is 2.17. The molecule has 24 heavy (non-hydrogen) atoms. The molecule has 0 atom stereocenters. The Labute approximate surface area is 136 Å². The van der Waals surface area contributed by atoms with E-state index >= 15 is 0 Å². The van der Waals surface area contributed by atoms with Crippen LogP contribution in [0.15, 0.2) is 53.3 Å². The van der Waals surface area contributed by atoms with Crippen molar-refractivity contribution in [3.05, 3.63) is 60.2 Å². The number of methoxy groups -OCH3 is 1. The fourth-order valence-corrected chi connectivity index (χ4v) is 1.99. The molecule has 2 aromatic heterocycles. The monoisotopic (exact) mass is 324 g/mol. The third-order valence-electron chi connectivity index (χ3n) is 3.14. The van der Waals surface area contributed by atoms with Gasteiger partial charge in [0.15, 0.2) is 0 Å². The van der Waals surface area contributed by atoms with Gasteiger partial charge in [-0.05, 0) is 24.3 Å². The number of para-hydroxylation sites is 1. The van der Waals surface area contributed by atoms with Crippen LogP contribution in [0.3, 0.4) is 0 Å². The summed E-state index contributed by atoms with van der Waals surface area (Å²) in [6.07, 6.45) is 3.16. The zero-order chi connectivity index (χ0) is 16.9. The molecule has 0 aliphatic heterocycles. The van der Waals surface area contributed by atoms with E-state index < -0.39 is 11.9 Å². The number of carbonyl (C=O) groups excluding carboxylic acids is 2. The van der Waals surface area contributed by atoms with Gasteiger partial charge in [0, 0.05) is 18.0 Å². The summed E-state index contributed by atoms with van der Waals surface area (Å²) in [5.74, 6) is -1.14. The minimum Gasteiger partial charge on any atom is -0.465 e. The number of anilines is 1. The number of benzene rings is 1. The summed E-state index contributed by atoms with van der Waals surface area (Å²) in [6, 6.07) is 9.84. The van der Waals surface area contributed by atoms with Gasteiger partial charge < -0.3 is 14.6 Å². The molecule has 3 rings (SSSR count). The third kappa shape index (κ3) is 3.12. The number of pyridine rings is 1. The first-order valence-electron chi connectivity index (χ1n) is 6.92. The number of ether oxygens (including phenoxy) is 1. The van der Waals surface area contributed by atoms with Gasteiger partial charge in [-0.25, -0.2) is 4.79 Å². The van der Waals surface area contributed by atoms with Gasteiger partial charge in [-0.15, -0.1) is 0 Å². The Hall–Kier alpha value is -3.55. The second kappa shape index (κ2) is 6.69. The third-order valence-corrected chi connectivity index (χ3v) is 3.14. The number of hydrogen-bond acceptors (Lipinski definition) is 7. The summed E-state index contributed by atoms with van der Waals surface area (Å²) < 4.78 is 9.65. The van der Waals surface area contributed by atoms with Crippen molar-refractivity contribution in [2.45, 2.75) is 0 Å². The van der Waals surface area contributed by atoms with Crippen LogP contribution in [0.1, 0.15) is 21.0 Å². The fourth-order valence-electron chi connectivity index (χ4n) is 1.99. The molecule has 0 spiro atoms. The van der Waals surface area contributed by atoms with Crippen molar-refractivity contribution in [1.29, 1.82) is 0 Å². The Balaban J connectivity index is 1.82. The Morgan fingerprint density at radius 3 is 2.62 bits per heavy atom. The molecule has 0 saturated heterocycles. The molecule has 0 aliphatic rings. The second-order valence-electron chi connectivity index (χ2n) is 4.65. The molecule has 120 valence electrons. The van der Waals surface area contributed by atoms with Crippen molar-refractivity contribution in [3.63, 3.8) is 0 Å². The predicted molar refractivity (Wildman–Crippen MR) is 83.3 cm³/mol. The SMILES string of the molecule is COC(=O)c1ccccc1NC(=O)c1nc(-c2ccncc2)no1. The van der Waals surface area contributed by atoms with Crippen molar-refractivity contribution < 1.29 is 18.8 Å². The lowest BCUT2D eigenvalue weighted by atomic mass is 10.2. The zero-order valence-corrected chi connectivity index (χ0v) is 12.6. The number of carbonyl (C=O) groups is 2. The molecular weight excluding hydrogens is 312 g/mol. The van der Waals surface area contributed by atoms with Crippen molar-refractivity contribution in [2.24, 2.45) is 0 Å². The van der Waals surface area contributed by atoms with Crippen LogP contribution in [0, 0.1) is 0 Å².